The molecule has 2 atom stereocenters. The van der Waals surface area contributed by atoms with E-state index in [9.17, 15) is 0 Å². The van der Waals surface area contributed by atoms with Gasteiger partial charge in [0.1, 0.15) is 0 Å². The summed E-state index contributed by atoms with van der Waals surface area (Å²) in [6.07, 6.45) is 2.39. The van der Waals surface area contributed by atoms with Crippen molar-refractivity contribution in [1.82, 2.24) is 5.32 Å². The fourth-order valence-corrected chi connectivity index (χ4v) is 3.75. The van der Waals surface area contributed by atoms with Crippen LogP contribution < -0.4 is 5.32 Å². The molecule has 0 amide bonds. The number of rotatable bonds is 6. The number of benzene rings is 1. The van der Waals surface area contributed by atoms with Crippen molar-refractivity contribution in [1.29, 1.82) is 0 Å². The highest BCUT2D eigenvalue weighted by molar-refractivity contribution is 7.10. The average molecular weight is 301 g/mol. The van der Waals surface area contributed by atoms with Gasteiger partial charge in [-0.3, -0.25) is 0 Å². The first kappa shape index (κ1) is 16.3. The third-order valence-corrected chi connectivity index (χ3v) is 5.25. The Hall–Kier alpha value is -1.12. The van der Waals surface area contributed by atoms with E-state index in [2.05, 4.69) is 69.6 Å². The van der Waals surface area contributed by atoms with Crippen LogP contribution in [0.1, 0.15) is 65.9 Å². The molecule has 1 heterocycles. The van der Waals surface area contributed by atoms with E-state index in [1.54, 1.807) is 0 Å². The summed E-state index contributed by atoms with van der Waals surface area (Å²) in [5, 5.41) is 6.01. The first-order valence-electron chi connectivity index (χ1n) is 7.90. The van der Waals surface area contributed by atoms with Crippen molar-refractivity contribution in [2.75, 3.05) is 0 Å². The molecular formula is C19H27NS. The van der Waals surface area contributed by atoms with Gasteiger partial charge in [-0.1, -0.05) is 31.5 Å². The van der Waals surface area contributed by atoms with Crippen molar-refractivity contribution in [2.24, 2.45) is 0 Å². The second kappa shape index (κ2) is 7.24. The molecule has 0 spiro atoms. The molecule has 0 aliphatic carbocycles. The molecule has 21 heavy (non-hydrogen) atoms. The second-order valence-corrected chi connectivity index (χ2v) is 7.02. The van der Waals surface area contributed by atoms with Gasteiger partial charge in [-0.05, 0) is 67.8 Å². The Bertz CT molecular complexity index is 572. The zero-order valence-corrected chi connectivity index (χ0v) is 14.7. The van der Waals surface area contributed by atoms with Crippen LogP contribution in [0.15, 0.2) is 29.6 Å². The van der Waals surface area contributed by atoms with E-state index in [0.717, 1.165) is 0 Å². The van der Waals surface area contributed by atoms with Gasteiger partial charge in [-0.2, -0.15) is 0 Å². The lowest BCUT2D eigenvalue weighted by molar-refractivity contribution is 0.444. The summed E-state index contributed by atoms with van der Waals surface area (Å²) in [5.74, 6) is 0. The molecule has 2 aromatic rings. The Labute approximate surface area is 133 Å². The molecule has 0 bridgehead atoms. The second-order valence-electron chi connectivity index (χ2n) is 6.04. The quantitative estimate of drug-likeness (QED) is 0.704. The number of aryl methyl sites for hydroxylation is 3. The van der Waals surface area contributed by atoms with Gasteiger partial charge in [0.25, 0.3) is 0 Å². The van der Waals surface area contributed by atoms with E-state index in [1.807, 2.05) is 11.3 Å². The van der Waals surface area contributed by atoms with Gasteiger partial charge in [0.15, 0.2) is 0 Å². The van der Waals surface area contributed by atoms with Crippen molar-refractivity contribution < 1.29 is 0 Å². The summed E-state index contributed by atoms with van der Waals surface area (Å²) in [6, 6.07) is 9.89. The SMILES string of the molecule is CCCC(NC(C)c1cc(C)c(C)cc1C)c1cccs1. The first-order chi connectivity index (χ1) is 10.0. The van der Waals surface area contributed by atoms with Gasteiger partial charge >= 0.3 is 0 Å². The summed E-state index contributed by atoms with van der Waals surface area (Å²) in [5.41, 5.74) is 5.58. The predicted molar refractivity (Wildman–Crippen MR) is 94.2 cm³/mol. The highest BCUT2D eigenvalue weighted by Crippen LogP contribution is 2.28. The fraction of sp³-hybridized carbons (Fsp3) is 0.474. The average Bonchev–Trinajstić information content (AvgIpc) is 2.96. The molecule has 0 saturated heterocycles. The number of hydrogen-bond donors (Lipinski definition) is 1. The van der Waals surface area contributed by atoms with Gasteiger partial charge in [0.05, 0.1) is 0 Å². The first-order valence-corrected chi connectivity index (χ1v) is 8.78. The van der Waals surface area contributed by atoms with Crippen LogP contribution in [0, 0.1) is 20.8 Å². The standard InChI is InChI=1S/C19H27NS/c1-6-8-18(19-9-7-10-21-19)20-16(5)17-12-14(3)13(2)11-15(17)4/h7,9-12,16,18,20H,6,8H2,1-5H3. The van der Waals surface area contributed by atoms with Crippen LogP contribution in [0.5, 0.6) is 0 Å². The topological polar surface area (TPSA) is 12.0 Å². The molecule has 1 aromatic heterocycles. The summed E-state index contributed by atoms with van der Waals surface area (Å²) < 4.78 is 0. The van der Waals surface area contributed by atoms with Crippen LogP contribution in [-0.4, -0.2) is 0 Å². The van der Waals surface area contributed by atoms with Crippen molar-refractivity contribution in [3.8, 4) is 0 Å². The Kier molecular flexibility index (Phi) is 5.60. The highest BCUT2D eigenvalue weighted by Gasteiger charge is 2.17. The molecule has 2 heteroatoms. The van der Waals surface area contributed by atoms with Crippen molar-refractivity contribution in [3.05, 3.63) is 56.8 Å². The smallest absolute Gasteiger partial charge is 0.0419 e. The Morgan fingerprint density at radius 2 is 1.81 bits per heavy atom. The Morgan fingerprint density at radius 1 is 1.10 bits per heavy atom. The number of thiophene rings is 1. The minimum absolute atomic E-state index is 0.378. The number of nitrogens with one attached hydrogen (secondary N) is 1. The van der Waals surface area contributed by atoms with Crippen molar-refractivity contribution in [3.63, 3.8) is 0 Å². The maximum absolute atomic E-state index is 3.83. The van der Waals surface area contributed by atoms with Crippen LogP contribution >= 0.6 is 11.3 Å². The molecule has 114 valence electrons. The van der Waals surface area contributed by atoms with E-state index >= 15 is 0 Å². The van der Waals surface area contributed by atoms with Gasteiger partial charge in [-0.15, -0.1) is 11.3 Å². The minimum atomic E-state index is 0.378. The lowest BCUT2D eigenvalue weighted by Gasteiger charge is -2.24. The normalized spacial score (nSPS) is 14.1. The lowest BCUT2D eigenvalue weighted by atomic mass is 9.95. The minimum Gasteiger partial charge on any atom is -0.303 e. The van der Waals surface area contributed by atoms with Crippen LogP contribution in [0.4, 0.5) is 0 Å². The van der Waals surface area contributed by atoms with Gasteiger partial charge in [0, 0.05) is 17.0 Å². The maximum Gasteiger partial charge on any atom is 0.0419 e. The Morgan fingerprint density at radius 3 is 2.43 bits per heavy atom. The summed E-state index contributed by atoms with van der Waals surface area (Å²) in [4.78, 5) is 1.45. The van der Waals surface area contributed by atoms with Gasteiger partial charge in [-0.25, -0.2) is 0 Å². The molecule has 1 N–H and O–H groups in total. The van der Waals surface area contributed by atoms with Crippen LogP contribution in [0.2, 0.25) is 0 Å². The molecular weight excluding hydrogens is 274 g/mol. The zero-order valence-electron chi connectivity index (χ0n) is 13.9. The third-order valence-electron chi connectivity index (χ3n) is 4.26. The third kappa shape index (κ3) is 3.96. The van der Waals surface area contributed by atoms with Gasteiger partial charge < -0.3 is 5.32 Å². The molecule has 0 fully saturated rings. The van der Waals surface area contributed by atoms with Crippen LogP contribution in [0.3, 0.4) is 0 Å². The molecule has 2 unspecified atom stereocenters. The van der Waals surface area contributed by atoms with Crippen molar-refractivity contribution in [2.45, 2.75) is 59.5 Å². The molecule has 0 saturated carbocycles. The van der Waals surface area contributed by atoms with E-state index in [4.69, 9.17) is 0 Å². The lowest BCUT2D eigenvalue weighted by Crippen LogP contribution is -2.24. The molecule has 0 aliphatic rings. The van der Waals surface area contributed by atoms with Crippen LogP contribution in [0.25, 0.3) is 0 Å². The monoisotopic (exact) mass is 301 g/mol. The predicted octanol–water partition coefficient (Wildman–Crippen LogP) is 5.87. The summed E-state index contributed by atoms with van der Waals surface area (Å²) in [7, 11) is 0. The molecule has 0 aliphatic heterocycles. The van der Waals surface area contributed by atoms with Gasteiger partial charge in [0.2, 0.25) is 0 Å². The molecule has 2 rings (SSSR count). The molecule has 1 aromatic carbocycles. The number of hydrogen-bond acceptors (Lipinski definition) is 2. The van der Waals surface area contributed by atoms with E-state index in [1.165, 1.54) is 40.0 Å². The maximum atomic E-state index is 3.83. The molecule has 1 nitrogen and oxygen atoms in total. The van der Waals surface area contributed by atoms with Crippen molar-refractivity contribution >= 4 is 11.3 Å². The Balaban J connectivity index is 2.19. The highest BCUT2D eigenvalue weighted by atomic mass is 32.1. The fourth-order valence-electron chi connectivity index (χ4n) is 2.93. The zero-order chi connectivity index (χ0) is 15.4. The largest absolute Gasteiger partial charge is 0.303 e. The van der Waals surface area contributed by atoms with Crippen LogP contribution in [-0.2, 0) is 0 Å². The van der Waals surface area contributed by atoms with E-state index < -0.39 is 0 Å². The summed E-state index contributed by atoms with van der Waals surface area (Å²) >= 11 is 1.86. The summed E-state index contributed by atoms with van der Waals surface area (Å²) in [6.45, 7) is 11.2. The van der Waals surface area contributed by atoms with E-state index in [-0.39, 0.29) is 0 Å². The molecule has 0 radical (unpaired) electrons. The van der Waals surface area contributed by atoms with E-state index in [0.29, 0.717) is 12.1 Å².